The predicted octanol–water partition coefficient (Wildman–Crippen LogP) is 1.70. The lowest BCUT2D eigenvalue weighted by Crippen LogP contribution is -2.37. The number of carbonyl (C=O) groups is 1. The molecule has 1 saturated heterocycles. The lowest BCUT2D eigenvalue weighted by atomic mass is 10.1. The molecular weight excluding hydrogens is 228 g/mol. The highest BCUT2D eigenvalue weighted by molar-refractivity contribution is 5.91. The van der Waals surface area contributed by atoms with Gasteiger partial charge in [0.1, 0.15) is 6.61 Å². The minimum atomic E-state index is -0.0931. The topological polar surface area (TPSA) is 50.4 Å². The third kappa shape index (κ3) is 4.13. The molecule has 1 aromatic carbocycles. The fraction of sp³-hybridized carbons (Fsp3) is 0.500. The summed E-state index contributed by atoms with van der Waals surface area (Å²) in [6.45, 7) is 4.04. The van der Waals surface area contributed by atoms with Crippen molar-refractivity contribution >= 4 is 11.6 Å². The first-order valence-corrected chi connectivity index (χ1v) is 6.43. The largest absolute Gasteiger partial charge is 0.367 e. The van der Waals surface area contributed by atoms with Crippen LogP contribution in [0.2, 0.25) is 0 Å². The molecule has 2 rings (SSSR count). The number of anilines is 1. The Labute approximate surface area is 108 Å². The maximum atomic E-state index is 11.7. The van der Waals surface area contributed by atoms with Gasteiger partial charge in [-0.3, -0.25) is 4.79 Å². The number of amides is 1. The van der Waals surface area contributed by atoms with E-state index in [0.717, 1.165) is 31.6 Å². The summed E-state index contributed by atoms with van der Waals surface area (Å²) < 4.78 is 5.57. The van der Waals surface area contributed by atoms with Crippen molar-refractivity contribution in [2.45, 2.75) is 25.9 Å². The fourth-order valence-corrected chi connectivity index (χ4v) is 1.99. The lowest BCUT2D eigenvalue weighted by molar-refractivity contribution is -0.122. The van der Waals surface area contributed by atoms with Gasteiger partial charge in [0.05, 0.1) is 6.10 Å². The minimum Gasteiger partial charge on any atom is -0.367 e. The number of rotatable bonds is 4. The molecule has 0 aliphatic carbocycles. The molecular formula is C14H20N2O2. The summed E-state index contributed by atoms with van der Waals surface area (Å²) in [6, 6.07) is 7.74. The molecule has 1 aromatic rings. The van der Waals surface area contributed by atoms with Gasteiger partial charge in [0.2, 0.25) is 5.91 Å². The number of piperidine rings is 1. The summed E-state index contributed by atoms with van der Waals surface area (Å²) in [7, 11) is 0. The quantitative estimate of drug-likeness (QED) is 0.852. The van der Waals surface area contributed by atoms with Gasteiger partial charge in [0.15, 0.2) is 0 Å². The highest BCUT2D eigenvalue weighted by atomic mass is 16.5. The Kier molecular flexibility index (Phi) is 4.73. The van der Waals surface area contributed by atoms with Gasteiger partial charge in [-0.15, -0.1) is 0 Å². The van der Waals surface area contributed by atoms with Crippen molar-refractivity contribution in [3.05, 3.63) is 29.8 Å². The number of benzene rings is 1. The fourth-order valence-electron chi connectivity index (χ4n) is 1.99. The number of aryl methyl sites for hydroxylation is 1. The zero-order chi connectivity index (χ0) is 12.8. The van der Waals surface area contributed by atoms with Crippen LogP contribution < -0.4 is 10.6 Å². The van der Waals surface area contributed by atoms with Gasteiger partial charge in [-0.25, -0.2) is 0 Å². The van der Waals surface area contributed by atoms with E-state index in [4.69, 9.17) is 4.74 Å². The van der Waals surface area contributed by atoms with Gasteiger partial charge in [0.25, 0.3) is 0 Å². The first kappa shape index (κ1) is 13.1. The Morgan fingerprint density at radius 1 is 1.44 bits per heavy atom. The van der Waals surface area contributed by atoms with Crippen molar-refractivity contribution < 1.29 is 9.53 Å². The molecule has 0 aromatic heterocycles. The van der Waals surface area contributed by atoms with Crippen LogP contribution in [-0.4, -0.2) is 31.7 Å². The van der Waals surface area contributed by atoms with Crippen LogP contribution in [0.5, 0.6) is 0 Å². The van der Waals surface area contributed by atoms with Crippen LogP contribution in [0.4, 0.5) is 5.69 Å². The summed E-state index contributed by atoms with van der Waals surface area (Å²) in [4.78, 5) is 11.7. The minimum absolute atomic E-state index is 0.0931. The van der Waals surface area contributed by atoms with E-state index >= 15 is 0 Å². The van der Waals surface area contributed by atoms with Gasteiger partial charge in [-0.05, 0) is 38.4 Å². The lowest BCUT2D eigenvalue weighted by Gasteiger charge is -2.22. The number of hydrogen-bond acceptors (Lipinski definition) is 3. The van der Waals surface area contributed by atoms with E-state index in [-0.39, 0.29) is 18.6 Å². The Hall–Kier alpha value is -1.39. The summed E-state index contributed by atoms with van der Waals surface area (Å²) in [5.41, 5.74) is 1.99. The highest BCUT2D eigenvalue weighted by Crippen LogP contribution is 2.09. The van der Waals surface area contributed by atoms with Crippen LogP contribution in [0.1, 0.15) is 18.4 Å². The molecule has 0 spiro atoms. The Bertz CT molecular complexity index is 383. The first-order chi connectivity index (χ1) is 8.74. The van der Waals surface area contributed by atoms with Crippen molar-refractivity contribution in [2.24, 2.45) is 0 Å². The SMILES string of the molecule is Cc1ccc(NC(=O)COC2CCCNC2)cc1. The van der Waals surface area contributed by atoms with Crippen LogP contribution in [0.25, 0.3) is 0 Å². The van der Waals surface area contributed by atoms with Crippen molar-refractivity contribution in [3.8, 4) is 0 Å². The molecule has 0 bridgehead atoms. The van der Waals surface area contributed by atoms with E-state index < -0.39 is 0 Å². The molecule has 0 radical (unpaired) electrons. The molecule has 1 atom stereocenters. The smallest absolute Gasteiger partial charge is 0.250 e. The van der Waals surface area contributed by atoms with E-state index in [1.165, 1.54) is 5.56 Å². The average Bonchev–Trinajstić information content (AvgIpc) is 2.40. The Morgan fingerprint density at radius 3 is 2.89 bits per heavy atom. The van der Waals surface area contributed by atoms with Crippen molar-refractivity contribution in [2.75, 3.05) is 25.0 Å². The first-order valence-electron chi connectivity index (χ1n) is 6.43. The molecule has 98 valence electrons. The molecule has 4 nitrogen and oxygen atoms in total. The van der Waals surface area contributed by atoms with Gasteiger partial charge < -0.3 is 15.4 Å². The molecule has 1 unspecified atom stereocenters. The monoisotopic (exact) mass is 248 g/mol. The Morgan fingerprint density at radius 2 is 2.22 bits per heavy atom. The second-order valence-electron chi connectivity index (χ2n) is 4.69. The van der Waals surface area contributed by atoms with Gasteiger partial charge in [-0.1, -0.05) is 17.7 Å². The standard InChI is InChI=1S/C14H20N2O2/c1-11-4-6-12(7-5-11)16-14(17)10-18-13-3-2-8-15-9-13/h4-7,13,15H,2-3,8-10H2,1H3,(H,16,17). The van der Waals surface area contributed by atoms with E-state index in [9.17, 15) is 4.79 Å². The van der Waals surface area contributed by atoms with Crippen LogP contribution >= 0.6 is 0 Å². The zero-order valence-electron chi connectivity index (χ0n) is 10.7. The maximum absolute atomic E-state index is 11.7. The van der Waals surface area contributed by atoms with E-state index in [2.05, 4.69) is 10.6 Å². The van der Waals surface area contributed by atoms with Crippen LogP contribution in [0.15, 0.2) is 24.3 Å². The molecule has 0 saturated carbocycles. The molecule has 1 aliphatic rings. The average molecular weight is 248 g/mol. The van der Waals surface area contributed by atoms with Crippen molar-refractivity contribution in [1.82, 2.24) is 5.32 Å². The molecule has 4 heteroatoms. The summed E-state index contributed by atoms with van der Waals surface area (Å²) in [5, 5.41) is 6.08. The van der Waals surface area contributed by atoms with Gasteiger partial charge in [-0.2, -0.15) is 0 Å². The number of carbonyl (C=O) groups excluding carboxylic acids is 1. The van der Waals surface area contributed by atoms with Crippen molar-refractivity contribution in [1.29, 1.82) is 0 Å². The normalized spacial score (nSPS) is 19.5. The molecule has 2 N–H and O–H groups in total. The number of nitrogens with one attached hydrogen (secondary N) is 2. The number of ether oxygens (including phenoxy) is 1. The summed E-state index contributed by atoms with van der Waals surface area (Å²) in [5.74, 6) is -0.0931. The van der Waals surface area contributed by atoms with Crippen LogP contribution in [-0.2, 0) is 9.53 Å². The molecule has 18 heavy (non-hydrogen) atoms. The summed E-state index contributed by atoms with van der Waals surface area (Å²) >= 11 is 0. The van der Waals surface area contributed by atoms with E-state index in [0.29, 0.717) is 0 Å². The molecule has 1 aliphatic heterocycles. The molecule has 1 amide bonds. The summed E-state index contributed by atoms with van der Waals surface area (Å²) in [6.07, 6.45) is 2.32. The Balaban J connectivity index is 1.73. The third-order valence-corrected chi connectivity index (χ3v) is 3.04. The van der Waals surface area contributed by atoms with Gasteiger partial charge >= 0.3 is 0 Å². The van der Waals surface area contributed by atoms with Crippen molar-refractivity contribution in [3.63, 3.8) is 0 Å². The zero-order valence-corrected chi connectivity index (χ0v) is 10.7. The van der Waals surface area contributed by atoms with Gasteiger partial charge in [0, 0.05) is 12.2 Å². The molecule has 1 fully saturated rings. The molecule has 1 heterocycles. The maximum Gasteiger partial charge on any atom is 0.250 e. The third-order valence-electron chi connectivity index (χ3n) is 3.04. The number of hydrogen-bond donors (Lipinski definition) is 2. The second-order valence-corrected chi connectivity index (χ2v) is 4.69. The predicted molar refractivity (Wildman–Crippen MR) is 71.7 cm³/mol. The van der Waals surface area contributed by atoms with Crippen LogP contribution in [0.3, 0.4) is 0 Å². The van der Waals surface area contributed by atoms with E-state index in [1.807, 2.05) is 31.2 Å². The second kappa shape index (κ2) is 6.52. The van der Waals surface area contributed by atoms with Crippen LogP contribution in [0, 0.1) is 6.92 Å². The van der Waals surface area contributed by atoms with E-state index in [1.54, 1.807) is 0 Å². The highest BCUT2D eigenvalue weighted by Gasteiger charge is 2.14.